The summed E-state index contributed by atoms with van der Waals surface area (Å²) >= 11 is 1.18. The van der Waals surface area contributed by atoms with Crippen LogP contribution < -0.4 is 29.6 Å². The number of methoxy groups -OCH3 is 2. The van der Waals surface area contributed by atoms with Gasteiger partial charge in [0.2, 0.25) is 17.7 Å². The molecule has 0 radical (unpaired) electrons. The van der Waals surface area contributed by atoms with Crippen molar-refractivity contribution >= 4 is 35.0 Å². The molecule has 14 heteroatoms. The topological polar surface area (TPSA) is 146 Å². The number of benzene rings is 1. The highest BCUT2D eigenvalue weighted by Crippen LogP contribution is 2.34. The lowest BCUT2D eigenvalue weighted by Gasteiger charge is -2.30. The summed E-state index contributed by atoms with van der Waals surface area (Å²) in [6.45, 7) is 14.5. The minimum absolute atomic E-state index is 0.0757. The molecule has 3 aromatic rings. The van der Waals surface area contributed by atoms with Crippen LogP contribution in [0.1, 0.15) is 64.0 Å². The molecule has 0 aliphatic carbocycles. The number of aromatic nitrogens is 3. The van der Waals surface area contributed by atoms with Crippen LogP contribution in [-0.2, 0) is 4.74 Å². The Morgan fingerprint density at radius 3 is 2.34 bits per heavy atom. The maximum Gasteiger partial charge on any atom is 0.410 e. The van der Waals surface area contributed by atoms with Gasteiger partial charge in [-0.05, 0) is 59.6 Å². The molecule has 3 rings (SSSR count). The Labute approximate surface area is 262 Å². The van der Waals surface area contributed by atoms with Crippen molar-refractivity contribution in [1.82, 2.24) is 19.9 Å². The number of hydrogen-bond donors (Lipinski definition) is 2. The highest BCUT2D eigenvalue weighted by molar-refractivity contribution is 7.11. The number of hydrogen-bond acceptors (Lipinski definition) is 12. The lowest BCUT2D eigenvalue weighted by molar-refractivity contribution is 0.0200. The predicted molar refractivity (Wildman–Crippen MR) is 169 cm³/mol. The molecule has 0 unspecified atom stereocenters. The Morgan fingerprint density at radius 2 is 1.75 bits per heavy atom. The minimum Gasteiger partial charge on any atom is -0.493 e. The van der Waals surface area contributed by atoms with Gasteiger partial charge in [0.05, 0.1) is 20.8 Å². The molecule has 0 fully saturated rings. The van der Waals surface area contributed by atoms with Crippen LogP contribution >= 0.6 is 11.3 Å². The predicted octanol–water partition coefficient (Wildman–Crippen LogP) is 6.15. The van der Waals surface area contributed by atoms with Gasteiger partial charge in [-0.3, -0.25) is 4.79 Å². The first-order chi connectivity index (χ1) is 20.8. The molecule has 2 aromatic heterocycles. The molecule has 0 atom stereocenters. The summed E-state index contributed by atoms with van der Waals surface area (Å²) in [6, 6.07) is 5.50. The maximum absolute atomic E-state index is 13.1. The molecule has 0 spiro atoms. The molecule has 1 aromatic carbocycles. The average molecular weight is 631 g/mol. The molecule has 0 bridgehead atoms. The number of aryl methyl sites for hydroxylation is 1. The lowest BCUT2D eigenvalue weighted by Crippen LogP contribution is -2.43. The quantitative estimate of drug-likeness (QED) is 0.211. The van der Waals surface area contributed by atoms with Crippen LogP contribution in [0.25, 0.3) is 0 Å². The fourth-order valence-corrected chi connectivity index (χ4v) is 4.41. The minimum atomic E-state index is -0.608. The first-order valence-electron chi connectivity index (χ1n) is 14.3. The monoisotopic (exact) mass is 630 g/mol. The van der Waals surface area contributed by atoms with Crippen molar-refractivity contribution in [1.29, 1.82) is 0 Å². The zero-order chi connectivity index (χ0) is 32.4. The van der Waals surface area contributed by atoms with Crippen LogP contribution in [0.4, 0.5) is 16.4 Å². The molecule has 0 saturated carbocycles. The Hall–Kier alpha value is -4.33. The number of nitrogens with zero attached hydrogens (tertiary/aromatic N) is 4. The summed E-state index contributed by atoms with van der Waals surface area (Å²) in [5.41, 5.74) is 0.555. The first-order valence-corrected chi connectivity index (χ1v) is 15.1. The van der Waals surface area contributed by atoms with E-state index in [2.05, 4.69) is 25.6 Å². The fraction of sp³-hybridized carbons (Fsp3) is 0.500. The number of ether oxygens (including phenoxy) is 5. The van der Waals surface area contributed by atoms with Gasteiger partial charge in [0, 0.05) is 30.6 Å². The van der Waals surface area contributed by atoms with Gasteiger partial charge < -0.3 is 39.2 Å². The lowest BCUT2D eigenvalue weighted by atomic mass is 10.2. The highest BCUT2D eigenvalue weighted by atomic mass is 32.1. The van der Waals surface area contributed by atoms with E-state index >= 15 is 0 Å². The van der Waals surface area contributed by atoms with Crippen LogP contribution in [0.15, 0.2) is 23.6 Å². The number of carbonyl (C=O) groups is 2. The van der Waals surface area contributed by atoms with Gasteiger partial charge >= 0.3 is 6.09 Å². The second-order valence-corrected chi connectivity index (χ2v) is 11.8. The van der Waals surface area contributed by atoms with Crippen molar-refractivity contribution in [2.75, 3.05) is 44.5 Å². The van der Waals surface area contributed by atoms with E-state index in [-0.39, 0.29) is 35.1 Å². The van der Waals surface area contributed by atoms with Gasteiger partial charge in [0.15, 0.2) is 5.69 Å². The highest BCUT2D eigenvalue weighted by Gasteiger charge is 2.25. The first kappa shape index (κ1) is 34.2. The SMILES string of the molecule is CCCOc1ccc(C)c(Oc2nc(C(=O)Nc3c(OC)nc(NCCN(C(=O)OC(C)(C)C)C(C)C)nc3OC)cs2)c1. The van der Waals surface area contributed by atoms with Crippen LogP contribution in [0.5, 0.6) is 28.5 Å². The van der Waals surface area contributed by atoms with E-state index < -0.39 is 17.6 Å². The Balaban J connectivity index is 1.70. The number of nitrogens with one attached hydrogen (secondary N) is 2. The third-order valence-electron chi connectivity index (χ3n) is 5.90. The third kappa shape index (κ3) is 9.59. The zero-order valence-electron chi connectivity index (χ0n) is 26.8. The van der Waals surface area contributed by atoms with Gasteiger partial charge in [-0.2, -0.15) is 15.0 Å². The molecule has 2 N–H and O–H groups in total. The molecule has 240 valence electrons. The van der Waals surface area contributed by atoms with E-state index in [0.29, 0.717) is 36.4 Å². The number of rotatable bonds is 14. The van der Waals surface area contributed by atoms with Gasteiger partial charge in [-0.1, -0.05) is 24.3 Å². The molecular formula is C30H42N6O7S. The van der Waals surface area contributed by atoms with E-state index in [1.54, 1.807) is 16.3 Å². The largest absolute Gasteiger partial charge is 0.493 e. The fourth-order valence-electron chi connectivity index (χ4n) is 3.75. The number of thiazole rings is 1. The van der Waals surface area contributed by atoms with Crippen LogP contribution in [-0.4, -0.2) is 77.4 Å². The number of anilines is 2. The Morgan fingerprint density at radius 1 is 1.07 bits per heavy atom. The third-order valence-corrected chi connectivity index (χ3v) is 6.62. The normalized spacial score (nSPS) is 11.1. The van der Waals surface area contributed by atoms with Crippen molar-refractivity contribution in [3.63, 3.8) is 0 Å². The van der Waals surface area contributed by atoms with Crippen molar-refractivity contribution in [3.8, 4) is 28.5 Å². The van der Waals surface area contributed by atoms with Crippen LogP contribution in [0.2, 0.25) is 0 Å². The van der Waals surface area contributed by atoms with E-state index in [1.807, 2.05) is 60.6 Å². The summed E-state index contributed by atoms with van der Waals surface area (Å²) in [7, 11) is 2.83. The summed E-state index contributed by atoms with van der Waals surface area (Å²) < 4.78 is 28.0. The second-order valence-electron chi connectivity index (χ2n) is 11.0. The standard InChI is InChI=1S/C30H42N6O7S/c1-10-15-41-20-12-11-19(4)22(16-20)42-28-32-21(17-44-28)24(37)33-23-25(39-8)34-27(35-26(23)40-9)31-13-14-36(18(2)3)29(38)43-30(5,6)7/h11-12,16-18H,10,13-15H2,1-9H3,(H,33,37)(H,31,34,35). The Kier molecular flexibility index (Phi) is 12.0. The molecule has 13 nitrogen and oxygen atoms in total. The molecular weight excluding hydrogens is 588 g/mol. The van der Waals surface area contributed by atoms with Gasteiger partial charge in [-0.15, -0.1) is 0 Å². The van der Waals surface area contributed by atoms with Gasteiger partial charge in [0.1, 0.15) is 22.8 Å². The smallest absolute Gasteiger partial charge is 0.410 e. The number of carbonyl (C=O) groups excluding carboxylic acids is 2. The number of amides is 2. The van der Waals surface area contributed by atoms with Gasteiger partial charge in [0.25, 0.3) is 11.1 Å². The van der Waals surface area contributed by atoms with Crippen molar-refractivity contribution in [2.24, 2.45) is 0 Å². The zero-order valence-corrected chi connectivity index (χ0v) is 27.6. The van der Waals surface area contributed by atoms with Crippen molar-refractivity contribution in [3.05, 3.63) is 34.8 Å². The van der Waals surface area contributed by atoms with Crippen molar-refractivity contribution in [2.45, 2.75) is 66.5 Å². The Bertz CT molecular complexity index is 1400. The van der Waals surface area contributed by atoms with E-state index in [0.717, 1.165) is 12.0 Å². The second kappa shape index (κ2) is 15.4. The van der Waals surface area contributed by atoms with E-state index in [9.17, 15) is 9.59 Å². The summed E-state index contributed by atoms with van der Waals surface area (Å²) in [6.07, 6.45) is 0.477. The summed E-state index contributed by atoms with van der Waals surface area (Å²) in [5, 5.41) is 7.68. The molecule has 0 aliphatic rings. The van der Waals surface area contributed by atoms with E-state index in [4.69, 9.17) is 23.7 Å². The molecule has 2 heterocycles. The van der Waals surface area contributed by atoms with Crippen LogP contribution in [0.3, 0.4) is 0 Å². The maximum atomic E-state index is 13.1. The molecule has 44 heavy (non-hydrogen) atoms. The van der Waals surface area contributed by atoms with Crippen molar-refractivity contribution < 1.29 is 33.3 Å². The average Bonchev–Trinajstić information content (AvgIpc) is 3.43. The molecule has 0 saturated heterocycles. The van der Waals surface area contributed by atoms with Crippen LogP contribution in [0, 0.1) is 6.92 Å². The molecule has 2 amide bonds. The summed E-state index contributed by atoms with van der Waals surface area (Å²) in [5.74, 6) is 1.09. The van der Waals surface area contributed by atoms with Gasteiger partial charge in [-0.25, -0.2) is 4.79 Å². The summed E-state index contributed by atoms with van der Waals surface area (Å²) in [4.78, 5) is 40.4. The molecule has 0 aliphatic heterocycles. The van der Waals surface area contributed by atoms with E-state index in [1.165, 1.54) is 25.6 Å².